The summed E-state index contributed by atoms with van der Waals surface area (Å²) in [6.45, 7) is 1.73. The Morgan fingerprint density at radius 2 is 1.84 bits per heavy atom. The number of ether oxygens (including phenoxy) is 2. The van der Waals surface area contributed by atoms with Crippen LogP contribution in [0, 0.1) is 5.82 Å². The molecule has 0 atom stereocenters. The average molecular weight is 367 g/mol. The number of carbonyl (C=O) groups excluding carboxylic acids is 1. The smallest absolute Gasteiger partial charge is 0.341 e. The number of rotatable bonds is 6. The molecule has 0 aliphatic rings. The number of benzene rings is 2. The van der Waals surface area contributed by atoms with E-state index in [0.29, 0.717) is 12.0 Å². The van der Waals surface area contributed by atoms with E-state index in [1.165, 1.54) is 38.5 Å². The van der Waals surface area contributed by atoms with Crippen LogP contribution in [0.3, 0.4) is 0 Å². The zero-order valence-corrected chi connectivity index (χ0v) is 14.8. The number of hydrogen-bond donors (Lipinski definition) is 1. The summed E-state index contributed by atoms with van der Waals surface area (Å²) in [6, 6.07) is 8.38. The minimum Gasteiger partial charge on any atom is -0.494 e. The lowest BCUT2D eigenvalue weighted by molar-refractivity contribution is 0.0597. The molecule has 2 aromatic carbocycles. The van der Waals surface area contributed by atoms with Crippen molar-refractivity contribution in [2.45, 2.75) is 18.2 Å². The number of aryl methyl sites for hydroxylation is 1. The van der Waals surface area contributed by atoms with E-state index in [9.17, 15) is 17.6 Å². The van der Waals surface area contributed by atoms with Crippen LogP contribution in [-0.2, 0) is 21.2 Å². The summed E-state index contributed by atoms with van der Waals surface area (Å²) in [5, 5.41) is 0. The van der Waals surface area contributed by atoms with Crippen molar-refractivity contribution < 1.29 is 27.1 Å². The Labute approximate surface area is 145 Å². The second-order valence-electron chi connectivity index (χ2n) is 5.07. The number of para-hydroxylation sites is 1. The van der Waals surface area contributed by atoms with Gasteiger partial charge in [0.1, 0.15) is 16.3 Å². The summed E-state index contributed by atoms with van der Waals surface area (Å²) < 4.78 is 51.6. The van der Waals surface area contributed by atoms with Crippen LogP contribution in [0.2, 0.25) is 0 Å². The Bertz CT molecular complexity index is 896. The van der Waals surface area contributed by atoms with E-state index in [0.717, 1.165) is 6.07 Å². The third kappa shape index (κ3) is 3.74. The van der Waals surface area contributed by atoms with Crippen molar-refractivity contribution in [3.05, 3.63) is 53.3 Å². The molecule has 0 saturated carbocycles. The number of halogens is 1. The van der Waals surface area contributed by atoms with Crippen LogP contribution in [0.15, 0.2) is 41.3 Å². The van der Waals surface area contributed by atoms with Crippen molar-refractivity contribution in [3.63, 3.8) is 0 Å². The second kappa shape index (κ2) is 7.52. The highest BCUT2D eigenvalue weighted by Gasteiger charge is 2.25. The average Bonchev–Trinajstić information content (AvgIpc) is 2.59. The maximum absolute atomic E-state index is 14.2. The van der Waals surface area contributed by atoms with E-state index in [1.54, 1.807) is 13.0 Å². The molecule has 0 spiro atoms. The summed E-state index contributed by atoms with van der Waals surface area (Å²) in [5.74, 6) is -1.54. The van der Waals surface area contributed by atoms with Gasteiger partial charge in [0, 0.05) is 0 Å². The SMILES string of the molecule is CCc1cccc(F)c1S(=O)(=O)Nc1cccc(C(=O)OC)c1OC. The molecule has 0 aliphatic carbocycles. The molecule has 0 aromatic heterocycles. The first-order chi connectivity index (χ1) is 11.9. The van der Waals surface area contributed by atoms with Crippen LogP contribution in [0.5, 0.6) is 5.75 Å². The number of carbonyl (C=O) groups is 1. The Hall–Kier alpha value is -2.61. The van der Waals surface area contributed by atoms with Crippen molar-refractivity contribution in [1.82, 2.24) is 0 Å². The van der Waals surface area contributed by atoms with E-state index in [2.05, 4.69) is 9.46 Å². The van der Waals surface area contributed by atoms with E-state index >= 15 is 0 Å². The minimum absolute atomic E-state index is 0.00712. The van der Waals surface area contributed by atoms with Crippen LogP contribution in [0.4, 0.5) is 10.1 Å². The van der Waals surface area contributed by atoms with Gasteiger partial charge in [0.25, 0.3) is 10.0 Å². The van der Waals surface area contributed by atoms with Gasteiger partial charge in [0.2, 0.25) is 0 Å². The van der Waals surface area contributed by atoms with Crippen LogP contribution in [0.25, 0.3) is 0 Å². The fourth-order valence-electron chi connectivity index (χ4n) is 2.44. The zero-order valence-electron chi connectivity index (χ0n) is 14.0. The van der Waals surface area contributed by atoms with E-state index in [4.69, 9.17) is 4.74 Å². The second-order valence-corrected chi connectivity index (χ2v) is 6.68. The van der Waals surface area contributed by atoms with Gasteiger partial charge in [-0.3, -0.25) is 4.72 Å². The number of hydrogen-bond acceptors (Lipinski definition) is 5. The van der Waals surface area contributed by atoms with Gasteiger partial charge in [-0.25, -0.2) is 17.6 Å². The van der Waals surface area contributed by atoms with Gasteiger partial charge in [-0.2, -0.15) is 0 Å². The topological polar surface area (TPSA) is 81.7 Å². The van der Waals surface area contributed by atoms with Crippen molar-refractivity contribution >= 4 is 21.7 Å². The number of nitrogens with one attached hydrogen (secondary N) is 1. The number of esters is 1. The van der Waals surface area contributed by atoms with Crippen LogP contribution >= 0.6 is 0 Å². The van der Waals surface area contributed by atoms with Gasteiger partial charge >= 0.3 is 5.97 Å². The molecule has 0 amide bonds. The third-order valence-corrected chi connectivity index (χ3v) is 5.05. The summed E-state index contributed by atoms with van der Waals surface area (Å²) in [7, 11) is -1.73. The molecule has 2 rings (SSSR count). The first-order valence-electron chi connectivity index (χ1n) is 7.41. The molecule has 25 heavy (non-hydrogen) atoms. The van der Waals surface area contributed by atoms with Crippen molar-refractivity contribution in [2.75, 3.05) is 18.9 Å². The maximum Gasteiger partial charge on any atom is 0.341 e. The fraction of sp³-hybridized carbons (Fsp3) is 0.235. The molecule has 2 aromatic rings. The van der Waals surface area contributed by atoms with Gasteiger partial charge in [0.05, 0.1) is 19.9 Å². The van der Waals surface area contributed by atoms with Gasteiger partial charge in [-0.1, -0.05) is 25.1 Å². The molecule has 0 heterocycles. The van der Waals surface area contributed by atoms with Crippen molar-refractivity contribution in [2.24, 2.45) is 0 Å². The van der Waals surface area contributed by atoms with Gasteiger partial charge in [-0.15, -0.1) is 0 Å². The monoisotopic (exact) mass is 367 g/mol. The lowest BCUT2D eigenvalue weighted by Gasteiger charge is -2.16. The zero-order chi connectivity index (χ0) is 18.6. The minimum atomic E-state index is -4.23. The normalized spacial score (nSPS) is 11.0. The molecular weight excluding hydrogens is 349 g/mol. The Morgan fingerprint density at radius 1 is 1.16 bits per heavy atom. The lowest BCUT2D eigenvalue weighted by atomic mass is 10.2. The molecular formula is C17H18FNO5S. The molecule has 0 fully saturated rings. The van der Waals surface area contributed by atoms with E-state index < -0.39 is 26.7 Å². The molecule has 0 bridgehead atoms. The van der Waals surface area contributed by atoms with Gasteiger partial charge in [0.15, 0.2) is 5.75 Å². The summed E-state index contributed by atoms with van der Waals surface area (Å²) >= 11 is 0. The largest absolute Gasteiger partial charge is 0.494 e. The molecule has 0 radical (unpaired) electrons. The number of sulfonamides is 1. The van der Waals surface area contributed by atoms with E-state index in [-0.39, 0.29) is 17.0 Å². The first-order valence-corrected chi connectivity index (χ1v) is 8.89. The molecule has 134 valence electrons. The summed E-state index contributed by atoms with van der Waals surface area (Å²) in [5.41, 5.74) is 0.403. The van der Waals surface area contributed by atoms with Gasteiger partial charge in [-0.05, 0) is 30.2 Å². The van der Waals surface area contributed by atoms with Crippen LogP contribution < -0.4 is 9.46 Å². The third-order valence-electron chi connectivity index (χ3n) is 3.57. The summed E-state index contributed by atoms with van der Waals surface area (Å²) in [6.07, 6.45) is 0.341. The van der Waals surface area contributed by atoms with Crippen LogP contribution in [0.1, 0.15) is 22.8 Å². The first kappa shape index (κ1) is 18.7. The highest BCUT2D eigenvalue weighted by molar-refractivity contribution is 7.92. The molecule has 1 N–H and O–H groups in total. The molecule has 8 heteroatoms. The Balaban J connectivity index is 2.55. The summed E-state index contributed by atoms with van der Waals surface area (Å²) in [4.78, 5) is 11.4. The highest BCUT2D eigenvalue weighted by atomic mass is 32.2. The fourth-order valence-corrected chi connectivity index (χ4v) is 3.87. The standard InChI is InChI=1S/C17H18FNO5S/c1-4-11-7-5-9-13(18)16(11)25(21,22)19-14-10-6-8-12(15(14)23-2)17(20)24-3/h5-10,19H,4H2,1-3H3. The lowest BCUT2D eigenvalue weighted by Crippen LogP contribution is -2.18. The van der Waals surface area contributed by atoms with Gasteiger partial charge < -0.3 is 9.47 Å². The van der Waals surface area contributed by atoms with Crippen molar-refractivity contribution in [1.29, 1.82) is 0 Å². The quantitative estimate of drug-likeness (QED) is 0.794. The number of methoxy groups -OCH3 is 2. The van der Waals surface area contributed by atoms with E-state index in [1.807, 2.05) is 0 Å². The molecule has 0 saturated heterocycles. The number of anilines is 1. The predicted octanol–water partition coefficient (Wildman–Crippen LogP) is 2.98. The molecule has 0 aliphatic heterocycles. The Kier molecular flexibility index (Phi) is 5.63. The van der Waals surface area contributed by atoms with Crippen LogP contribution in [-0.4, -0.2) is 28.6 Å². The Morgan fingerprint density at radius 3 is 2.44 bits per heavy atom. The maximum atomic E-state index is 14.2. The predicted molar refractivity (Wildman–Crippen MR) is 90.9 cm³/mol. The highest BCUT2D eigenvalue weighted by Crippen LogP contribution is 2.32. The molecule has 6 nitrogen and oxygen atoms in total. The van der Waals surface area contributed by atoms with Crippen molar-refractivity contribution in [3.8, 4) is 5.75 Å². The molecule has 0 unspecified atom stereocenters.